The molecule has 8 nitrogen and oxygen atoms in total. The van der Waals surface area contributed by atoms with Crippen LogP contribution >= 0.6 is 0 Å². The molecule has 0 aliphatic heterocycles. The zero-order chi connectivity index (χ0) is 16.6. The van der Waals surface area contributed by atoms with Crippen molar-refractivity contribution in [2.75, 3.05) is 30.0 Å². The molecule has 1 aromatic carbocycles. The molecule has 0 aliphatic carbocycles. The number of anilines is 1. The molecule has 22 heavy (non-hydrogen) atoms. The molecule has 0 fully saturated rings. The van der Waals surface area contributed by atoms with Gasteiger partial charge in [-0.05, 0) is 25.0 Å². The van der Waals surface area contributed by atoms with Crippen LogP contribution in [0, 0.1) is 0 Å². The fraction of sp³-hybridized carbons (Fsp3) is 0.500. The molecule has 0 spiro atoms. The largest absolute Gasteiger partial charge is 0.319 e. The van der Waals surface area contributed by atoms with Crippen molar-refractivity contribution in [2.45, 2.75) is 12.8 Å². The van der Waals surface area contributed by atoms with Crippen molar-refractivity contribution < 1.29 is 25.9 Å². The molecule has 3 N–H and O–H groups in total. The first kappa shape index (κ1) is 18.8. The van der Waals surface area contributed by atoms with Gasteiger partial charge in [0.05, 0.1) is 11.5 Å². The second kappa shape index (κ2) is 8.44. The van der Waals surface area contributed by atoms with Crippen LogP contribution in [0.3, 0.4) is 0 Å². The molecule has 0 unspecified atom stereocenters. The number of hydrogen-bond donors (Lipinski definition) is 3. The Morgan fingerprint density at radius 2 is 1.32 bits per heavy atom. The van der Waals surface area contributed by atoms with Crippen molar-refractivity contribution in [3.63, 3.8) is 0 Å². The number of benzene rings is 1. The zero-order valence-electron chi connectivity index (χ0n) is 11.9. The molecule has 0 amide bonds. The molecule has 0 heterocycles. The predicted octanol–water partition coefficient (Wildman–Crippen LogP) is 0.871. The zero-order valence-corrected chi connectivity index (χ0v) is 13.6. The maximum atomic E-state index is 10.7. The lowest BCUT2D eigenvalue weighted by molar-refractivity contribution is 0.328. The van der Waals surface area contributed by atoms with E-state index in [4.69, 9.17) is 9.11 Å². The van der Waals surface area contributed by atoms with Gasteiger partial charge in [0.15, 0.2) is 0 Å². The first-order chi connectivity index (χ1) is 10.2. The van der Waals surface area contributed by atoms with Gasteiger partial charge in [0, 0.05) is 18.8 Å². The summed E-state index contributed by atoms with van der Waals surface area (Å²) in [7, 11) is -8.05. The van der Waals surface area contributed by atoms with Crippen LogP contribution in [0.5, 0.6) is 0 Å². The highest BCUT2D eigenvalue weighted by molar-refractivity contribution is 7.86. The van der Waals surface area contributed by atoms with Gasteiger partial charge in [-0.1, -0.05) is 18.2 Å². The van der Waals surface area contributed by atoms with Gasteiger partial charge in [-0.2, -0.15) is 16.8 Å². The molecule has 10 heteroatoms. The topological polar surface area (TPSA) is 124 Å². The van der Waals surface area contributed by atoms with E-state index in [2.05, 4.69) is 5.43 Å². The lowest BCUT2D eigenvalue weighted by Crippen LogP contribution is -2.33. The average Bonchev–Trinajstić information content (AvgIpc) is 2.36. The third-order valence-corrected chi connectivity index (χ3v) is 4.33. The first-order valence-electron chi connectivity index (χ1n) is 6.63. The minimum atomic E-state index is -4.03. The van der Waals surface area contributed by atoms with E-state index >= 15 is 0 Å². The van der Waals surface area contributed by atoms with Gasteiger partial charge >= 0.3 is 0 Å². The van der Waals surface area contributed by atoms with E-state index in [-0.39, 0.29) is 24.3 Å². The highest BCUT2D eigenvalue weighted by Crippen LogP contribution is 2.08. The van der Waals surface area contributed by atoms with Crippen molar-refractivity contribution in [1.29, 1.82) is 0 Å². The highest BCUT2D eigenvalue weighted by atomic mass is 32.2. The van der Waals surface area contributed by atoms with Gasteiger partial charge in [0.2, 0.25) is 0 Å². The first-order valence-corrected chi connectivity index (χ1v) is 9.84. The fourth-order valence-corrected chi connectivity index (χ4v) is 2.78. The smallest absolute Gasteiger partial charge is 0.264 e. The van der Waals surface area contributed by atoms with E-state index in [9.17, 15) is 16.8 Å². The summed E-state index contributed by atoms with van der Waals surface area (Å²) in [6.45, 7) is 0.584. The highest BCUT2D eigenvalue weighted by Gasteiger charge is 2.11. The molecule has 0 saturated carbocycles. The second-order valence-electron chi connectivity index (χ2n) is 4.74. The van der Waals surface area contributed by atoms with E-state index in [1.807, 2.05) is 18.2 Å². The molecule has 0 saturated heterocycles. The lowest BCUT2D eigenvalue weighted by Gasteiger charge is -2.24. The molecule has 0 aliphatic rings. The third-order valence-electron chi connectivity index (χ3n) is 2.72. The second-order valence-corrected chi connectivity index (χ2v) is 7.89. The van der Waals surface area contributed by atoms with E-state index in [0.717, 1.165) is 5.69 Å². The van der Waals surface area contributed by atoms with Crippen LogP contribution in [0.1, 0.15) is 12.8 Å². The van der Waals surface area contributed by atoms with Gasteiger partial charge in [0.25, 0.3) is 20.2 Å². The SMILES string of the molecule is O=S(=O)(O)CCCN(CCCS(=O)(=O)O)Nc1ccccc1. The summed E-state index contributed by atoms with van der Waals surface area (Å²) in [4.78, 5) is 0. The summed E-state index contributed by atoms with van der Waals surface area (Å²) < 4.78 is 60.3. The number of hydrogen-bond acceptors (Lipinski definition) is 6. The number of nitrogens with one attached hydrogen (secondary N) is 1. The summed E-state index contributed by atoms with van der Waals surface area (Å²) in [5.74, 6) is -0.753. The van der Waals surface area contributed by atoms with Crippen LogP contribution < -0.4 is 5.43 Å². The van der Waals surface area contributed by atoms with E-state index in [0.29, 0.717) is 13.1 Å². The monoisotopic (exact) mass is 352 g/mol. The number of nitrogens with zero attached hydrogens (tertiary/aromatic N) is 1. The van der Waals surface area contributed by atoms with E-state index < -0.39 is 20.2 Å². The lowest BCUT2D eigenvalue weighted by atomic mass is 10.3. The quantitative estimate of drug-likeness (QED) is 0.418. The number of rotatable bonds is 10. The average molecular weight is 352 g/mol. The minimum absolute atomic E-state index is 0.185. The number of para-hydroxylation sites is 1. The van der Waals surface area contributed by atoms with Crippen molar-refractivity contribution in [3.8, 4) is 0 Å². The van der Waals surface area contributed by atoms with Crippen LogP contribution in [0.25, 0.3) is 0 Å². The molecule has 0 atom stereocenters. The summed E-state index contributed by atoms with van der Waals surface area (Å²) in [5.41, 5.74) is 3.80. The summed E-state index contributed by atoms with van der Waals surface area (Å²) in [6.07, 6.45) is 0.370. The van der Waals surface area contributed by atoms with Crippen molar-refractivity contribution in [1.82, 2.24) is 5.01 Å². The number of hydrazine groups is 1. The summed E-state index contributed by atoms with van der Waals surface area (Å²) >= 11 is 0. The van der Waals surface area contributed by atoms with E-state index in [1.165, 1.54) is 0 Å². The van der Waals surface area contributed by atoms with Crippen LogP contribution in [0.4, 0.5) is 5.69 Å². The molecule has 0 aromatic heterocycles. The minimum Gasteiger partial charge on any atom is -0.319 e. The standard InChI is InChI=1S/C12H20N2O6S2/c15-21(16,17)10-4-8-14(9-5-11-22(18,19)20)13-12-6-2-1-3-7-12/h1-3,6-7,13H,4-5,8-11H2,(H,15,16,17)(H,18,19,20). The summed E-state index contributed by atoms with van der Waals surface area (Å²) in [6, 6.07) is 9.08. The Morgan fingerprint density at radius 3 is 1.73 bits per heavy atom. The molecule has 1 aromatic rings. The van der Waals surface area contributed by atoms with Crippen molar-refractivity contribution >= 4 is 25.9 Å². The molecular formula is C12H20N2O6S2. The molecule has 1 rings (SSSR count). The van der Waals surface area contributed by atoms with Crippen LogP contribution in [0.2, 0.25) is 0 Å². The Balaban J connectivity index is 2.55. The Labute approximate surface area is 130 Å². The van der Waals surface area contributed by atoms with Gasteiger partial charge in [-0.15, -0.1) is 0 Å². The Kier molecular flexibility index (Phi) is 7.23. The van der Waals surface area contributed by atoms with Crippen molar-refractivity contribution in [2.24, 2.45) is 0 Å². The van der Waals surface area contributed by atoms with Gasteiger partial charge in [0.1, 0.15) is 0 Å². The maximum absolute atomic E-state index is 10.7. The Morgan fingerprint density at radius 1 is 0.864 bits per heavy atom. The van der Waals surface area contributed by atoms with Gasteiger partial charge in [-0.3, -0.25) is 9.11 Å². The maximum Gasteiger partial charge on any atom is 0.264 e. The normalized spacial score (nSPS) is 12.5. The third kappa shape index (κ3) is 9.68. The van der Waals surface area contributed by atoms with Crippen molar-refractivity contribution in [3.05, 3.63) is 30.3 Å². The van der Waals surface area contributed by atoms with E-state index in [1.54, 1.807) is 17.1 Å². The van der Waals surface area contributed by atoms with Crippen LogP contribution in [-0.4, -0.2) is 55.5 Å². The Bertz CT molecular complexity index is 607. The van der Waals surface area contributed by atoms with Crippen LogP contribution in [0.15, 0.2) is 30.3 Å². The molecule has 126 valence electrons. The van der Waals surface area contributed by atoms with Gasteiger partial charge < -0.3 is 5.43 Å². The Hall–Kier alpha value is -1.20. The van der Waals surface area contributed by atoms with Crippen LogP contribution in [-0.2, 0) is 20.2 Å². The molecule has 0 bridgehead atoms. The summed E-state index contributed by atoms with van der Waals surface area (Å²) in [5, 5.41) is 1.64. The molecule has 0 radical (unpaired) electrons. The molecular weight excluding hydrogens is 332 g/mol. The predicted molar refractivity (Wildman–Crippen MR) is 83.7 cm³/mol. The van der Waals surface area contributed by atoms with Gasteiger partial charge in [-0.25, -0.2) is 5.01 Å². The fourth-order valence-electron chi connectivity index (χ4n) is 1.79.